The van der Waals surface area contributed by atoms with Gasteiger partial charge in [0, 0.05) is 67.6 Å². The average Bonchev–Trinajstić information content (AvgIpc) is 3.74. The fourth-order valence-corrected chi connectivity index (χ4v) is 9.35. The lowest BCUT2D eigenvalue weighted by Crippen LogP contribution is -2.56. The van der Waals surface area contributed by atoms with Gasteiger partial charge in [-0.2, -0.15) is 9.97 Å². The molecular formula is C42H47F3N6O5. The molecule has 2 bridgehead atoms. The maximum atomic E-state index is 17.2. The van der Waals surface area contributed by atoms with Gasteiger partial charge >= 0.3 is 12.1 Å². The lowest BCUT2D eigenvalue weighted by atomic mass is 9.93. The summed E-state index contributed by atoms with van der Waals surface area (Å²) in [7, 11) is 0. The van der Waals surface area contributed by atoms with Gasteiger partial charge in [0.1, 0.15) is 41.3 Å². The predicted octanol–water partition coefficient (Wildman–Crippen LogP) is 5.91. The summed E-state index contributed by atoms with van der Waals surface area (Å²) in [5.41, 5.74) is -0.941. The molecule has 3 N–H and O–H groups in total. The molecule has 1 amide bonds. The SMILES string of the molecule is C#Cc1c(F)ccc2cc(O)cc(-c3ccc4c(N5C[C@H]6CC[C@@H](C5)N6C[C@H](O)CNC(=O)OC(C)(C)C)nc(OC[C@@]56CCCN5C[C@H](F)C6)nc4c3F)c12. The molecule has 4 aromatic rings. The van der Waals surface area contributed by atoms with E-state index >= 15 is 4.39 Å². The van der Waals surface area contributed by atoms with E-state index in [0.717, 1.165) is 32.2 Å². The van der Waals surface area contributed by atoms with Crippen LogP contribution >= 0.6 is 0 Å². The lowest BCUT2D eigenvalue weighted by molar-refractivity contribution is 0.0433. The Morgan fingerprint density at radius 3 is 2.61 bits per heavy atom. The molecule has 0 spiro atoms. The zero-order valence-electron chi connectivity index (χ0n) is 31.8. The van der Waals surface area contributed by atoms with E-state index in [2.05, 4.69) is 30.9 Å². The Bertz CT molecular complexity index is 2210. The molecule has 4 aliphatic heterocycles. The number of hydrogen-bond acceptors (Lipinski definition) is 10. The number of halogens is 3. The summed E-state index contributed by atoms with van der Waals surface area (Å²) in [5.74, 6) is 1.37. The quantitative estimate of drug-likeness (QED) is 0.177. The van der Waals surface area contributed by atoms with E-state index in [1.165, 1.54) is 24.3 Å². The fourth-order valence-electron chi connectivity index (χ4n) is 9.35. The number of rotatable bonds is 9. The molecule has 4 saturated heterocycles. The number of hydrogen-bond donors (Lipinski definition) is 3. The van der Waals surface area contributed by atoms with Crippen molar-refractivity contribution < 1.29 is 37.7 Å². The van der Waals surface area contributed by atoms with Crippen molar-refractivity contribution in [3.8, 4) is 35.2 Å². The zero-order valence-corrected chi connectivity index (χ0v) is 31.8. The van der Waals surface area contributed by atoms with Crippen molar-refractivity contribution in [2.24, 2.45) is 0 Å². The second kappa shape index (κ2) is 14.6. The Morgan fingerprint density at radius 1 is 1.11 bits per heavy atom. The highest BCUT2D eigenvalue weighted by atomic mass is 19.1. The smallest absolute Gasteiger partial charge is 0.407 e. The number of phenolic OH excluding ortho intramolecular Hbond substituents is 1. The number of carbonyl (C=O) groups excluding carboxylic acids is 1. The van der Waals surface area contributed by atoms with Crippen LogP contribution in [-0.2, 0) is 4.74 Å². The van der Waals surface area contributed by atoms with Crippen molar-refractivity contribution in [1.82, 2.24) is 25.1 Å². The number of benzene rings is 3. The number of nitrogens with one attached hydrogen (secondary N) is 1. The molecule has 56 heavy (non-hydrogen) atoms. The number of terminal acetylenes is 1. The van der Waals surface area contributed by atoms with E-state index in [4.69, 9.17) is 20.9 Å². The molecule has 296 valence electrons. The minimum Gasteiger partial charge on any atom is -0.508 e. The minimum atomic E-state index is -0.958. The molecule has 1 aromatic heterocycles. The molecule has 0 aliphatic carbocycles. The Labute approximate surface area is 323 Å². The molecule has 3 aromatic carbocycles. The normalized spacial score (nSPS) is 24.4. The summed E-state index contributed by atoms with van der Waals surface area (Å²) >= 11 is 0. The van der Waals surface area contributed by atoms with Crippen LogP contribution in [0.4, 0.5) is 23.8 Å². The van der Waals surface area contributed by atoms with Gasteiger partial charge in [-0.25, -0.2) is 18.0 Å². The number of anilines is 1. The Balaban J connectivity index is 1.13. The number of carbonyl (C=O) groups is 1. The number of fused-ring (bicyclic) bond motifs is 5. The first-order valence-corrected chi connectivity index (χ1v) is 19.3. The number of alkyl carbamates (subject to hydrolysis) is 1. The summed E-state index contributed by atoms with van der Waals surface area (Å²) in [4.78, 5) is 28.2. The number of ether oxygens (including phenoxy) is 2. The lowest BCUT2D eigenvalue weighted by Gasteiger charge is -2.42. The van der Waals surface area contributed by atoms with Crippen LogP contribution < -0.4 is 15.0 Å². The van der Waals surface area contributed by atoms with Crippen LogP contribution in [0.1, 0.15) is 58.4 Å². The van der Waals surface area contributed by atoms with Crippen LogP contribution in [0.2, 0.25) is 0 Å². The van der Waals surface area contributed by atoms with E-state index in [9.17, 15) is 23.8 Å². The number of aromatic hydroxyl groups is 1. The molecule has 14 heteroatoms. The summed E-state index contributed by atoms with van der Waals surface area (Å²) in [6, 6.07) is 8.86. The third-order valence-corrected chi connectivity index (χ3v) is 11.7. The highest BCUT2D eigenvalue weighted by Crippen LogP contribution is 2.43. The monoisotopic (exact) mass is 772 g/mol. The van der Waals surface area contributed by atoms with Crippen LogP contribution in [0.15, 0.2) is 36.4 Å². The van der Waals surface area contributed by atoms with Crippen LogP contribution in [0.5, 0.6) is 11.8 Å². The molecule has 8 rings (SSSR count). The largest absolute Gasteiger partial charge is 0.508 e. The molecule has 4 aliphatic rings. The van der Waals surface area contributed by atoms with E-state index in [1.54, 1.807) is 32.9 Å². The predicted molar refractivity (Wildman–Crippen MR) is 207 cm³/mol. The van der Waals surface area contributed by atoms with E-state index in [-0.39, 0.29) is 64.6 Å². The van der Waals surface area contributed by atoms with Gasteiger partial charge in [0.25, 0.3) is 0 Å². The van der Waals surface area contributed by atoms with E-state index < -0.39 is 41.1 Å². The van der Waals surface area contributed by atoms with Gasteiger partial charge in [-0.3, -0.25) is 9.80 Å². The van der Waals surface area contributed by atoms with Crippen molar-refractivity contribution in [3.05, 3.63) is 53.6 Å². The summed E-state index contributed by atoms with van der Waals surface area (Å²) in [6.45, 7) is 8.05. The van der Waals surface area contributed by atoms with Crippen molar-refractivity contribution in [2.45, 2.75) is 88.4 Å². The molecule has 0 saturated carbocycles. The van der Waals surface area contributed by atoms with E-state index in [1.807, 2.05) is 0 Å². The van der Waals surface area contributed by atoms with Gasteiger partial charge in [0.05, 0.1) is 17.2 Å². The second-order valence-corrected chi connectivity index (χ2v) is 16.7. The van der Waals surface area contributed by atoms with Crippen LogP contribution in [0.3, 0.4) is 0 Å². The number of aromatic nitrogens is 2. The fraction of sp³-hybridized carbons (Fsp3) is 0.500. The third-order valence-electron chi connectivity index (χ3n) is 11.7. The first-order valence-electron chi connectivity index (χ1n) is 19.3. The minimum absolute atomic E-state index is 0.0216. The number of aliphatic hydroxyl groups excluding tert-OH is 1. The first-order chi connectivity index (χ1) is 26.7. The Morgan fingerprint density at radius 2 is 1.88 bits per heavy atom. The maximum Gasteiger partial charge on any atom is 0.407 e. The third kappa shape index (κ3) is 7.16. The molecule has 4 fully saturated rings. The first kappa shape index (κ1) is 38.1. The van der Waals surface area contributed by atoms with Crippen molar-refractivity contribution in [1.29, 1.82) is 0 Å². The number of aliphatic hydroxyl groups is 1. The second-order valence-electron chi connectivity index (χ2n) is 16.7. The summed E-state index contributed by atoms with van der Waals surface area (Å²) in [6.07, 6.45) is 7.16. The van der Waals surface area contributed by atoms with Gasteiger partial charge in [0.15, 0.2) is 5.82 Å². The van der Waals surface area contributed by atoms with Crippen molar-refractivity contribution in [2.75, 3.05) is 50.8 Å². The highest BCUT2D eigenvalue weighted by molar-refractivity contribution is 6.04. The molecule has 5 atom stereocenters. The number of piperazine rings is 1. The van der Waals surface area contributed by atoms with Gasteiger partial charge in [0.2, 0.25) is 0 Å². The summed E-state index contributed by atoms with van der Waals surface area (Å²) < 4.78 is 58.4. The maximum absolute atomic E-state index is 17.2. The van der Waals surface area contributed by atoms with Crippen molar-refractivity contribution >= 4 is 33.6 Å². The van der Waals surface area contributed by atoms with Gasteiger partial charge in [-0.1, -0.05) is 18.1 Å². The molecular weight excluding hydrogens is 725 g/mol. The number of amides is 1. The number of alkyl halides is 1. The van der Waals surface area contributed by atoms with Crippen LogP contribution in [-0.4, -0.2) is 117 Å². The number of nitrogens with zero attached hydrogens (tertiary/aromatic N) is 5. The summed E-state index contributed by atoms with van der Waals surface area (Å²) in [5, 5.41) is 25.4. The average molecular weight is 773 g/mol. The highest BCUT2D eigenvalue weighted by Gasteiger charge is 2.49. The zero-order chi connectivity index (χ0) is 39.5. The Hall–Kier alpha value is -4.84. The van der Waals surface area contributed by atoms with E-state index in [0.29, 0.717) is 49.2 Å². The molecule has 0 radical (unpaired) electrons. The van der Waals surface area contributed by atoms with Gasteiger partial charge < -0.3 is 29.9 Å². The number of phenols is 1. The molecule has 5 heterocycles. The van der Waals surface area contributed by atoms with Crippen LogP contribution in [0, 0.1) is 24.0 Å². The molecule has 0 unspecified atom stereocenters. The Kier molecular flexibility index (Phi) is 9.91. The van der Waals surface area contributed by atoms with Gasteiger partial charge in [-0.15, -0.1) is 6.42 Å². The topological polar surface area (TPSA) is 124 Å². The van der Waals surface area contributed by atoms with Crippen molar-refractivity contribution in [3.63, 3.8) is 0 Å². The standard InChI is InChI=1S/C42H47F3N6O5/c1-5-30-34(44)12-7-24-15-28(52)16-33(35(24)30)31-10-11-32-37(36(31)45)47-39(55-23-42-13-6-14-50(42)19-25(43)17-42)48-38(32)49-20-26-8-9-27(21-49)51(26)22-29(53)18-46-40(54)56-41(2,3)4/h1,7,10-12,15-16,25-27,29,52-53H,6,8-9,13-14,17-23H2,2-4H3,(H,46,54)/t25-,26-,27+,29-,42+/m1/s1. The van der Waals surface area contributed by atoms with Crippen LogP contribution in [0.25, 0.3) is 32.8 Å². The molecule has 11 nitrogen and oxygen atoms in total. The van der Waals surface area contributed by atoms with Gasteiger partial charge in [-0.05, 0) is 88.2 Å².